The molecule has 2 aromatic carbocycles. The second-order valence-corrected chi connectivity index (χ2v) is 6.91. The molecule has 0 unspecified atom stereocenters. The van der Waals surface area contributed by atoms with Gasteiger partial charge >= 0.3 is 0 Å². The second-order valence-electron chi connectivity index (χ2n) is 5.87. The molecule has 7 heteroatoms. The van der Waals surface area contributed by atoms with Gasteiger partial charge in [-0.3, -0.25) is 23.7 Å². The molecule has 1 aliphatic rings. The number of nitro benzene ring substituents is 1. The third kappa shape index (κ3) is 4.05. The van der Waals surface area contributed by atoms with Crippen LogP contribution in [-0.4, -0.2) is 20.5 Å². The van der Waals surface area contributed by atoms with Crippen LogP contribution in [0.3, 0.4) is 0 Å². The number of non-ortho nitro benzene ring substituents is 1. The van der Waals surface area contributed by atoms with E-state index in [1.165, 1.54) is 30.2 Å². The molecule has 3 aromatic rings. The van der Waals surface area contributed by atoms with Crippen molar-refractivity contribution in [1.82, 2.24) is 3.97 Å². The summed E-state index contributed by atoms with van der Waals surface area (Å²) >= 11 is 1.25. The molecule has 0 aliphatic heterocycles. The lowest BCUT2D eigenvalue weighted by Gasteiger charge is -2.09. The minimum Gasteiger partial charge on any atom is -0.286 e. The Balaban J connectivity index is 0.00000117. The lowest BCUT2D eigenvalue weighted by Crippen LogP contribution is -2.16. The average molecular weight is 406 g/mol. The molecule has 0 bridgehead atoms. The lowest BCUT2D eigenvalue weighted by molar-refractivity contribution is -0.385. The van der Waals surface area contributed by atoms with E-state index >= 15 is 0 Å². The Bertz CT molecular complexity index is 1120. The molecule has 6 nitrogen and oxygen atoms in total. The van der Waals surface area contributed by atoms with Crippen LogP contribution in [0.4, 0.5) is 5.69 Å². The number of ketones is 2. The standard InChI is InChI=1S/C20H12N2O4S.C2H6/c23-18-10-9-17-19(20(18)24)16(13-5-2-1-3-6-13)12-21(17)27-15-8-4-7-14(11-15)22(25)26;1-2/h1-12H;1-2H3. The maximum Gasteiger partial charge on any atom is 0.270 e. The van der Waals surface area contributed by atoms with E-state index in [1.54, 1.807) is 28.4 Å². The molecular formula is C22H18N2O4S. The fraction of sp³-hybridized carbons (Fsp3) is 0.0909. The van der Waals surface area contributed by atoms with Crippen molar-refractivity contribution in [3.63, 3.8) is 0 Å². The van der Waals surface area contributed by atoms with Crippen LogP contribution in [0.15, 0.2) is 71.8 Å². The van der Waals surface area contributed by atoms with Crippen LogP contribution in [0.2, 0.25) is 0 Å². The van der Waals surface area contributed by atoms with E-state index in [9.17, 15) is 19.7 Å². The molecule has 1 aliphatic carbocycles. The summed E-state index contributed by atoms with van der Waals surface area (Å²) in [6, 6.07) is 15.6. The molecule has 146 valence electrons. The van der Waals surface area contributed by atoms with Gasteiger partial charge in [0.2, 0.25) is 11.6 Å². The summed E-state index contributed by atoms with van der Waals surface area (Å²) < 4.78 is 1.76. The highest BCUT2D eigenvalue weighted by Gasteiger charge is 2.29. The average Bonchev–Trinajstić information content (AvgIpc) is 3.12. The molecule has 4 rings (SSSR count). The number of Topliss-reactive ketones (excluding diaryl/α,β-unsaturated/α-hetero) is 1. The van der Waals surface area contributed by atoms with E-state index in [-0.39, 0.29) is 5.69 Å². The van der Waals surface area contributed by atoms with Crippen molar-refractivity contribution in [3.8, 4) is 11.1 Å². The van der Waals surface area contributed by atoms with Crippen molar-refractivity contribution in [2.75, 3.05) is 0 Å². The minimum absolute atomic E-state index is 0.00824. The topological polar surface area (TPSA) is 82.2 Å². The van der Waals surface area contributed by atoms with E-state index in [4.69, 9.17) is 0 Å². The molecule has 29 heavy (non-hydrogen) atoms. The van der Waals surface area contributed by atoms with Gasteiger partial charge in [0.15, 0.2) is 0 Å². The van der Waals surface area contributed by atoms with Crippen molar-refractivity contribution in [2.45, 2.75) is 18.7 Å². The Morgan fingerprint density at radius 2 is 1.69 bits per heavy atom. The van der Waals surface area contributed by atoms with Gasteiger partial charge in [-0.15, -0.1) is 0 Å². The van der Waals surface area contributed by atoms with E-state index in [2.05, 4.69) is 0 Å². The van der Waals surface area contributed by atoms with E-state index in [0.717, 1.165) is 5.56 Å². The fourth-order valence-electron chi connectivity index (χ4n) is 2.93. The molecule has 0 spiro atoms. The zero-order chi connectivity index (χ0) is 21.0. The van der Waals surface area contributed by atoms with Crippen LogP contribution >= 0.6 is 11.9 Å². The second kappa shape index (κ2) is 8.70. The van der Waals surface area contributed by atoms with Crippen molar-refractivity contribution >= 4 is 35.3 Å². The van der Waals surface area contributed by atoms with E-state index in [1.807, 2.05) is 44.2 Å². The van der Waals surface area contributed by atoms with Crippen molar-refractivity contribution in [1.29, 1.82) is 0 Å². The van der Waals surface area contributed by atoms with E-state index in [0.29, 0.717) is 21.7 Å². The molecule has 0 saturated heterocycles. The first-order chi connectivity index (χ1) is 14.0. The quantitative estimate of drug-likeness (QED) is 0.328. The first kappa shape index (κ1) is 20.3. The molecule has 1 heterocycles. The highest BCUT2D eigenvalue weighted by molar-refractivity contribution is 7.97. The van der Waals surface area contributed by atoms with Crippen LogP contribution in [0.5, 0.6) is 0 Å². The van der Waals surface area contributed by atoms with Gasteiger partial charge in [-0.2, -0.15) is 0 Å². The van der Waals surface area contributed by atoms with Crippen molar-refractivity contribution in [2.24, 2.45) is 0 Å². The number of hydrogen-bond acceptors (Lipinski definition) is 5. The molecule has 0 fully saturated rings. The Kier molecular flexibility index (Phi) is 6.09. The molecule has 0 atom stereocenters. The number of allylic oxidation sites excluding steroid dienone is 1. The number of aromatic nitrogens is 1. The number of nitro groups is 1. The number of nitrogens with zero attached hydrogens (tertiary/aromatic N) is 2. The van der Waals surface area contributed by atoms with Crippen molar-refractivity contribution in [3.05, 3.63) is 88.2 Å². The Morgan fingerprint density at radius 1 is 0.966 bits per heavy atom. The number of carbonyl (C=O) groups excluding carboxylic acids is 2. The number of benzene rings is 2. The summed E-state index contributed by atoms with van der Waals surface area (Å²) in [6.45, 7) is 4.00. The van der Waals surface area contributed by atoms with Gasteiger partial charge in [0, 0.05) is 28.8 Å². The summed E-state index contributed by atoms with van der Waals surface area (Å²) in [4.78, 5) is 35.6. The molecular weight excluding hydrogens is 388 g/mol. The van der Waals surface area contributed by atoms with Gasteiger partial charge in [-0.25, -0.2) is 0 Å². The van der Waals surface area contributed by atoms with Crippen LogP contribution in [-0.2, 0) is 4.79 Å². The number of rotatable bonds is 4. The zero-order valence-electron chi connectivity index (χ0n) is 15.9. The van der Waals surface area contributed by atoms with Gasteiger partial charge in [0.25, 0.3) is 5.69 Å². The summed E-state index contributed by atoms with van der Waals surface area (Å²) in [5, 5.41) is 11.0. The Labute approximate surface area is 172 Å². The van der Waals surface area contributed by atoms with Crippen LogP contribution in [0.25, 0.3) is 17.2 Å². The number of carbonyl (C=O) groups is 2. The predicted octanol–water partition coefficient (Wildman–Crippen LogP) is 5.42. The van der Waals surface area contributed by atoms with Gasteiger partial charge in [-0.1, -0.05) is 50.2 Å². The molecule has 0 N–H and O–H groups in total. The first-order valence-electron chi connectivity index (χ1n) is 9.05. The third-order valence-corrected chi connectivity index (χ3v) is 5.13. The van der Waals surface area contributed by atoms with E-state index < -0.39 is 16.5 Å². The van der Waals surface area contributed by atoms with Gasteiger partial charge < -0.3 is 0 Å². The number of fused-ring (bicyclic) bond motifs is 1. The Morgan fingerprint density at radius 3 is 2.38 bits per heavy atom. The molecule has 0 saturated carbocycles. The smallest absolute Gasteiger partial charge is 0.270 e. The lowest BCUT2D eigenvalue weighted by atomic mass is 9.94. The molecule has 0 amide bonds. The largest absolute Gasteiger partial charge is 0.286 e. The Hall–Kier alpha value is -3.45. The number of hydrogen-bond donors (Lipinski definition) is 0. The fourth-order valence-corrected chi connectivity index (χ4v) is 3.88. The van der Waals surface area contributed by atoms with Crippen molar-refractivity contribution < 1.29 is 14.5 Å². The molecule has 1 aromatic heterocycles. The van der Waals surface area contributed by atoms with Crippen LogP contribution in [0.1, 0.15) is 29.9 Å². The highest BCUT2D eigenvalue weighted by atomic mass is 32.2. The van der Waals surface area contributed by atoms with Crippen LogP contribution in [0, 0.1) is 10.1 Å². The zero-order valence-corrected chi connectivity index (χ0v) is 16.7. The van der Waals surface area contributed by atoms with Gasteiger partial charge in [0.1, 0.15) is 0 Å². The third-order valence-electron chi connectivity index (χ3n) is 4.17. The van der Waals surface area contributed by atoms with Gasteiger partial charge in [-0.05, 0) is 35.7 Å². The normalized spacial score (nSPS) is 12.2. The molecule has 0 radical (unpaired) electrons. The highest BCUT2D eigenvalue weighted by Crippen LogP contribution is 2.36. The summed E-state index contributed by atoms with van der Waals surface area (Å²) in [5.74, 6) is -1.11. The summed E-state index contributed by atoms with van der Waals surface area (Å²) in [6.07, 6.45) is 4.64. The minimum atomic E-state index is -0.558. The first-order valence-corrected chi connectivity index (χ1v) is 9.82. The maximum absolute atomic E-state index is 12.5. The maximum atomic E-state index is 12.5. The monoisotopic (exact) mass is 406 g/mol. The summed E-state index contributed by atoms with van der Waals surface area (Å²) in [5.41, 5.74) is 2.42. The SMILES string of the molecule is CC.O=C1C=Cc2c(c(-c3ccccc3)cn2Sc2cccc([N+](=O)[O-])c2)C1=O. The van der Waals surface area contributed by atoms with Gasteiger partial charge in [0.05, 0.1) is 16.2 Å². The van der Waals surface area contributed by atoms with Crippen LogP contribution < -0.4 is 0 Å². The summed E-state index contributed by atoms with van der Waals surface area (Å²) in [7, 11) is 0. The predicted molar refractivity (Wildman–Crippen MR) is 114 cm³/mol.